The molecule has 154 valence electrons. The van der Waals surface area contributed by atoms with Crippen LogP contribution < -0.4 is 10.6 Å². The summed E-state index contributed by atoms with van der Waals surface area (Å²) in [4.78, 5) is 53.3. The minimum Gasteiger partial charge on any atom is -0.356 e. The number of ketones is 2. The number of nitrogens with one attached hydrogen (secondary N) is 4. The summed E-state index contributed by atoms with van der Waals surface area (Å²) < 4.78 is 0. The highest BCUT2D eigenvalue weighted by Gasteiger charge is 2.16. The van der Waals surface area contributed by atoms with E-state index in [1.807, 2.05) is 13.8 Å². The van der Waals surface area contributed by atoms with Gasteiger partial charge in [0.1, 0.15) is 11.4 Å². The van der Waals surface area contributed by atoms with Crippen molar-refractivity contribution in [2.45, 2.75) is 27.7 Å². The standard InChI is InChI=1S/C22H22N4O4/c1-11-12(2)18(26-22(30)20-8-16(10-24-20)14(4)28)6-5-17(11)25-21(29)19-7-15(9-23-19)13(3)27/h5-10,23-24H,1-4H3,(H,25,29)(H,26,30). The molecule has 0 saturated carbocycles. The first-order valence-electron chi connectivity index (χ1n) is 9.29. The predicted octanol–water partition coefficient (Wildman–Crippen LogP) is 3.87. The van der Waals surface area contributed by atoms with Crippen molar-refractivity contribution in [3.05, 3.63) is 70.3 Å². The molecule has 0 saturated heterocycles. The van der Waals surface area contributed by atoms with E-state index >= 15 is 0 Å². The van der Waals surface area contributed by atoms with Gasteiger partial charge in [-0.1, -0.05) is 0 Å². The van der Waals surface area contributed by atoms with Gasteiger partial charge in [-0.15, -0.1) is 0 Å². The monoisotopic (exact) mass is 406 g/mol. The van der Waals surface area contributed by atoms with Crippen LogP contribution in [0.1, 0.15) is 66.7 Å². The summed E-state index contributed by atoms with van der Waals surface area (Å²) in [5.41, 5.74) is 4.18. The van der Waals surface area contributed by atoms with E-state index in [1.54, 1.807) is 12.1 Å². The second kappa shape index (κ2) is 8.20. The number of hydrogen-bond donors (Lipinski definition) is 4. The second-order valence-electron chi connectivity index (χ2n) is 7.04. The molecule has 3 aromatic rings. The highest BCUT2D eigenvalue weighted by Crippen LogP contribution is 2.26. The largest absolute Gasteiger partial charge is 0.356 e. The number of amides is 2. The molecule has 0 aliphatic heterocycles. The average Bonchev–Trinajstić information content (AvgIpc) is 3.37. The van der Waals surface area contributed by atoms with Gasteiger partial charge in [0.15, 0.2) is 11.6 Å². The summed E-state index contributed by atoms with van der Waals surface area (Å²) in [6, 6.07) is 6.39. The Balaban J connectivity index is 1.75. The minimum absolute atomic E-state index is 0.130. The lowest BCUT2D eigenvalue weighted by Gasteiger charge is -2.14. The van der Waals surface area contributed by atoms with E-state index in [0.717, 1.165) is 11.1 Å². The van der Waals surface area contributed by atoms with Gasteiger partial charge < -0.3 is 20.6 Å². The first-order valence-corrected chi connectivity index (χ1v) is 9.29. The molecular formula is C22H22N4O4. The van der Waals surface area contributed by atoms with Crippen LogP contribution in [0.3, 0.4) is 0 Å². The van der Waals surface area contributed by atoms with Gasteiger partial charge in [-0.3, -0.25) is 19.2 Å². The molecule has 0 spiro atoms. The lowest BCUT2D eigenvalue weighted by molar-refractivity contribution is 0.100. The summed E-state index contributed by atoms with van der Waals surface area (Å²) >= 11 is 0. The van der Waals surface area contributed by atoms with Crippen LogP contribution in [0, 0.1) is 13.8 Å². The Bertz CT molecular complexity index is 1080. The Morgan fingerprint density at radius 2 is 1.07 bits per heavy atom. The maximum absolute atomic E-state index is 12.5. The van der Waals surface area contributed by atoms with E-state index in [2.05, 4.69) is 20.6 Å². The summed E-state index contributed by atoms with van der Waals surface area (Å²) in [6.45, 7) is 6.52. The van der Waals surface area contributed by atoms with Crippen LogP contribution in [0.5, 0.6) is 0 Å². The van der Waals surface area contributed by atoms with E-state index in [4.69, 9.17) is 0 Å². The van der Waals surface area contributed by atoms with Gasteiger partial charge in [0, 0.05) is 34.9 Å². The third kappa shape index (κ3) is 4.22. The molecule has 8 heteroatoms. The van der Waals surface area contributed by atoms with Gasteiger partial charge in [-0.2, -0.15) is 0 Å². The van der Waals surface area contributed by atoms with Gasteiger partial charge in [0.2, 0.25) is 0 Å². The molecule has 0 fully saturated rings. The minimum atomic E-state index is -0.370. The van der Waals surface area contributed by atoms with Gasteiger partial charge in [0.25, 0.3) is 11.8 Å². The quantitative estimate of drug-likeness (QED) is 0.464. The molecule has 1 aromatic carbocycles. The molecule has 30 heavy (non-hydrogen) atoms. The summed E-state index contributed by atoms with van der Waals surface area (Å²) in [5, 5.41) is 5.62. The van der Waals surface area contributed by atoms with E-state index < -0.39 is 0 Å². The van der Waals surface area contributed by atoms with E-state index in [1.165, 1.54) is 38.4 Å². The number of Topliss-reactive ketones (excluding diaryl/α,β-unsaturated/α-hetero) is 2. The van der Waals surface area contributed by atoms with Crippen LogP contribution in [0.15, 0.2) is 36.7 Å². The van der Waals surface area contributed by atoms with Crippen molar-refractivity contribution in [3.63, 3.8) is 0 Å². The fourth-order valence-corrected chi connectivity index (χ4v) is 2.93. The fourth-order valence-electron chi connectivity index (χ4n) is 2.93. The number of H-pyrrole nitrogens is 2. The molecule has 0 aliphatic carbocycles. The van der Waals surface area contributed by atoms with Gasteiger partial charge in [0.05, 0.1) is 0 Å². The van der Waals surface area contributed by atoms with E-state index in [0.29, 0.717) is 22.5 Å². The molecule has 0 aliphatic rings. The molecule has 2 amide bonds. The Morgan fingerprint density at radius 3 is 1.37 bits per heavy atom. The number of aromatic amines is 2. The molecule has 0 unspecified atom stereocenters. The number of benzene rings is 1. The van der Waals surface area contributed by atoms with Crippen molar-refractivity contribution >= 4 is 34.8 Å². The molecule has 2 aromatic heterocycles. The van der Waals surface area contributed by atoms with Gasteiger partial charge in [-0.25, -0.2) is 0 Å². The summed E-state index contributed by atoms with van der Waals surface area (Å²) in [6.07, 6.45) is 2.98. The maximum atomic E-state index is 12.5. The fraction of sp³-hybridized carbons (Fsp3) is 0.182. The molecule has 0 radical (unpaired) electrons. The maximum Gasteiger partial charge on any atom is 0.272 e. The molecular weight excluding hydrogens is 384 g/mol. The van der Waals surface area contributed by atoms with E-state index in [-0.39, 0.29) is 34.8 Å². The normalized spacial score (nSPS) is 10.5. The Labute approximate surface area is 173 Å². The zero-order chi connectivity index (χ0) is 22.0. The number of rotatable bonds is 6. The number of hydrogen-bond acceptors (Lipinski definition) is 4. The Kier molecular flexibility index (Phi) is 5.68. The average molecular weight is 406 g/mol. The first-order chi connectivity index (χ1) is 14.2. The van der Waals surface area contributed by atoms with Gasteiger partial charge in [-0.05, 0) is 63.1 Å². The molecule has 2 heterocycles. The highest BCUT2D eigenvalue weighted by molar-refractivity contribution is 6.07. The molecule has 8 nitrogen and oxygen atoms in total. The van der Waals surface area contributed by atoms with Crippen molar-refractivity contribution in [2.75, 3.05) is 10.6 Å². The number of carbonyl (C=O) groups excluding carboxylic acids is 4. The van der Waals surface area contributed by atoms with Crippen LogP contribution >= 0.6 is 0 Å². The molecule has 0 bridgehead atoms. The molecule has 4 N–H and O–H groups in total. The number of aromatic nitrogens is 2. The number of anilines is 2. The lowest BCUT2D eigenvalue weighted by Crippen LogP contribution is -2.16. The topological polar surface area (TPSA) is 124 Å². The van der Waals surface area contributed by atoms with E-state index in [9.17, 15) is 19.2 Å². The van der Waals surface area contributed by atoms with Crippen molar-refractivity contribution in [3.8, 4) is 0 Å². The number of carbonyl (C=O) groups is 4. The third-order valence-electron chi connectivity index (χ3n) is 4.95. The van der Waals surface area contributed by atoms with Gasteiger partial charge >= 0.3 is 0 Å². The van der Waals surface area contributed by atoms with Crippen LogP contribution in [-0.4, -0.2) is 33.3 Å². The third-order valence-corrected chi connectivity index (χ3v) is 4.95. The Morgan fingerprint density at radius 1 is 0.700 bits per heavy atom. The Hall–Kier alpha value is -3.94. The van der Waals surface area contributed by atoms with Crippen molar-refractivity contribution < 1.29 is 19.2 Å². The van der Waals surface area contributed by atoms with Crippen LogP contribution in [0.4, 0.5) is 11.4 Å². The summed E-state index contributed by atoms with van der Waals surface area (Å²) in [5.74, 6) is -1.00. The van der Waals surface area contributed by atoms with Crippen LogP contribution in [0.25, 0.3) is 0 Å². The predicted molar refractivity (Wildman–Crippen MR) is 113 cm³/mol. The van der Waals surface area contributed by atoms with Crippen LogP contribution in [-0.2, 0) is 0 Å². The highest BCUT2D eigenvalue weighted by atomic mass is 16.2. The van der Waals surface area contributed by atoms with Crippen molar-refractivity contribution in [1.82, 2.24) is 9.97 Å². The van der Waals surface area contributed by atoms with Crippen molar-refractivity contribution in [2.24, 2.45) is 0 Å². The zero-order valence-corrected chi connectivity index (χ0v) is 17.1. The SMILES string of the molecule is CC(=O)c1c[nH]c(C(=O)Nc2ccc(NC(=O)c3cc(C(C)=O)c[nH]3)c(C)c2C)c1. The van der Waals surface area contributed by atoms with Crippen molar-refractivity contribution in [1.29, 1.82) is 0 Å². The smallest absolute Gasteiger partial charge is 0.272 e. The second-order valence-corrected chi connectivity index (χ2v) is 7.04. The lowest BCUT2D eigenvalue weighted by atomic mass is 10.1. The molecule has 0 atom stereocenters. The summed E-state index contributed by atoms with van der Waals surface area (Å²) in [7, 11) is 0. The zero-order valence-electron chi connectivity index (χ0n) is 17.1. The first kappa shape index (κ1) is 20.8. The van der Waals surface area contributed by atoms with Crippen LogP contribution in [0.2, 0.25) is 0 Å². The molecule has 3 rings (SSSR count).